The number of benzene rings is 2. The first-order chi connectivity index (χ1) is 16.5. The van der Waals surface area contributed by atoms with Crippen molar-refractivity contribution in [3.05, 3.63) is 59.0 Å². The number of fused-ring (bicyclic) bond motifs is 1. The van der Waals surface area contributed by atoms with Crippen LogP contribution in [0.5, 0.6) is 0 Å². The number of aryl methyl sites for hydroxylation is 1. The smallest absolute Gasteiger partial charge is 0.256 e. The Balaban J connectivity index is 0.000000639. The van der Waals surface area contributed by atoms with Crippen molar-refractivity contribution in [2.45, 2.75) is 53.9 Å². The minimum absolute atomic E-state index is 0.0519. The molecule has 0 aliphatic heterocycles. The van der Waals surface area contributed by atoms with Crippen LogP contribution in [0.15, 0.2) is 30.3 Å². The summed E-state index contributed by atoms with van der Waals surface area (Å²) in [5.74, 6) is -2.91. The molecule has 0 spiro atoms. The van der Waals surface area contributed by atoms with Gasteiger partial charge in [0.2, 0.25) is 5.62 Å². The predicted octanol–water partition coefficient (Wildman–Crippen LogP) is 6.93. The Labute approximate surface area is 201 Å². The molecule has 4 rings (SSSR count). The molecule has 1 aliphatic rings. The Kier molecular flexibility index (Phi) is 9.50. The number of halogens is 5. The molecule has 0 bridgehead atoms. The highest BCUT2D eigenvalue weighted by atomic mass is 19.3. The van der Waals surface area contributed by atoms with Crippen molar-refractivity contribution >= 4 is 28.2 Å². The van der Waals surface area contributed by atoms with Gasteiger partial charge in [0.15, 0.2) is 11.6 Å². The van der Waals surface area contributed by atoms with Crippen molar-refractivity contribution in [2.75, 3.05) is 11.4 Å². The summed E-state index contributed by atoms with van der Waals surface area (Å²) < 4.78 is 70.2. The Hall–Kier alpha value is -3.30. The molecule has 0 unspecified atom stereocenters. The lowest BCUT2D eigenvalue weighted by molar-refractivity contribution is 0.157. The van der Waals surface area contributed by atoms with Crippen LogP contribution in [-0.4, -0.2) is 28.4 Å². The van der Waals surface area contributed by atoms with Crippen molar-refractivity contribution in [3.63, 3.8) is 0 Å². The molecular weight excluding hydrogens is 465 g/mol. The number of anilines is 2. The highest BCUT2D eigenvalue weighted by molar-refractivity contribution is 5.97. The maximum absolute atomic E-state index is 14.8. The molecule has 0 atom stereocenters. The van der Waals surface area contributed by atoms with E-state index < -0.39 is 47.2 Å². The van der Waals surface area contributed by atoms with Gasteiger partial charge in [0.05, 0.1) is 17.4 Å². The fourth-order valence-electron chi connectivity index (χ4n) is 3.29. The van der Waals surface area contributed by atoms with E-state index >= 15 is 0 Å². The number of aromatic nitrogens is 2. The van der Waals surface area contributed by atoms with E-state index in [1.165, 1.54) is 31.9 Å². The van der Waals surface area contributed by atoms with Crippen LogP contribution in [0.2, 0.25) is 0 Å². The van der Waals surface area contributed by atoms with E-state index in [0.717, 1.165) is 33.6 Å². The Morgan fingerprint density at radius 3 is 2.23 bits per heavy atom. The molecule has 190 valence electrons. The van der Waals surface area contributed by atoms with Crippen molar-refractivity contribution in [1.82, 2.24) is 9.55 Å². The molecule has 1 aromatic heterocycles. The van der Waals surface area contributed by atoms with Crippen molar-refractivity contribution < 1.29 is 22.0 Å². The lowest BCUT2D eigenvalue weighted by Crippen LogP contribution is -2.33. The first kappa shape index (κ1) is 27.9. The zero-order valence-corrected chi connectivity index (χ0v) is 20.4. The first-order valence-electron chi connectivity index (χ1n) is 11.3. The molecular formula is C25H30F5N5. The van der Waals surface area contributed by atoms with Crippen molar-refractivity contribution in [2.24, 2.45) is 5.92 Å². The summed E-state index contributed by atoms with van der Waals surface area (Å²) in [6.07, 6.45) is 0.0537. The standard InChI is InChI=1S/C19H16F5N5.C4H8.C2H6/c1-9-5-11(20)7-12(6-9)28(8-15(22)23)18-16-14(4-3-13(21)17(16)24)29(10(2)25)19(26)27-18;1-4-2-3-4;1-2/h3-7,15,25-26H,8H2,1-2H3;4H,2-3H2,1H3;1-2H3. The fourth-order valence-corrected chi connectivity index (χ4v) is 3.29. The molecule has 1 aliphatic carbocycles. The van der Waals surface area contributed by atoms with Crippen LogP contribution in [0.3, 0.4) is 0 Å². The van der Waals surface area contributed by atoms with E-state index in [4.69, 9.17) is 10.8 Å². The average molecular weight is 496 g/mol. The maximum atomic E-state index is 14.8. The predicted molar refractivity (Wildman–Crippen MR) is 128 cm³/mol. The number of nitrogens with one attached hydrogen (secondary N) is 2. The molecule has 3 aromatic rings. The zero-order chi connectivity index (χ0) is 26.4. The molecule has 1 fully saturated rings. The van der Waals surface area contributed by atoms with Gasteiger partial charge in [-0.3, -0.25) is 15.4 Å². The maximum Gasteiger partial charge on any atom is 0.256 e. The summed E-state index contributed by atoms with van der Waals surface area (Å²) in [7, 11) is 0. The summed E-state index contributed by atoms with van der Waals surface area (Å²) in [6, 6.07) is 5.48. The Bertz CT molecular complexity index is 1230. The van der Waals surface area contributed by atoms with Gasteiger partial charge in [-0.05, 0) is 55.7 Å². The number of hydrogen-bond donors (Lipinski definition) is 2. The van der Waals surface area contributed by atoms with E-state index in [-0.39, 0.29) is 17.0 Å². The molecule has 1 saturated carbocycles. The lowest BCUT2D eigenvalue weighted by atomic mass is 10.1. The summed E-state index contributed by atoms with van der Waals surface area (Å²) in [6.45, 7) is 8.15. The van der Waals surface area contributed by atoms with Gasteiger partial charge in [-0.2, -0.15) is 4.98 Å². The van der Waals surface area contributed by atoms with Gasteiger partial charge in [0.25, 0.3) is 6.43 Å². The van der Waals surface area contributed by atoms with Gasteiger partial charge in [-0.1, -0.05) is 33.6 Å². The zero-order valence-electron chi connectivity index (χ0n) is 20.4. The average Bonchev–Trinajstić information content (AvgIpc) is 3.56. The number of alkyl halides is 2. The van der Waals surface area contributed by atoms with Gasteiger partial charge in [0, 0.05) is 5.69 Å². The number of hydrogen-bond acceptors (Lipinski definition) is 4. The second kappa shape index (κ2) is 11.9. The first-order valence-corrected chi connectivity index (χ1v) is 11.3. The lowest BCUT2D eigenvalue weighted by Gasteiger charge is -2.26. The minimum atomic E-state index is -2.92. The molecule has 2 N–H and O–H groups in total. The third-order valence-electron chi connectivity index (χ3n) is 5.08. The molecule has 0 saturated heterocycles. The third kappa shape index (κ3) is 6.86. The quantitative estimate of drug-likeness (QED) is 0.234. The Morgan fingerprint density at radius 1 is 1.14 bits per heavy atom. The SMILES string of the molecule is CC.CC(=N)n1c(=N)nc(N(CC(F)F)c2cc(C)cc(F)c2)c2c(F)c(F)ccc21.CC1CC1. The molecule has 35 heavy (non-hydrogen) atoms. The van der Waals surface area contributed by atoms with Gasteiger partial charge in [0.1, 0.15) is 17.5 Å². The summed E-state index contributed by atoms with van der Waals surface area (Å²) in [5.41, 5.74) is -0.274. The monoisotopic (exact) mass is 495 g/mol. The summed E-state index contributed by atoms with van der Waals surface area (Å²) in [5, 5.41) is 15.4. The molecule has 0 radical (unpaired) electrons. The molecule has 0 amide bonds. The van der Waals surface area contributed by atoms with Gasteiger partial charge in [-0.15, -0.1) is 0 Å². The van der Waals surface area contributed by atoms with E-state index in [9.17, 15) is 22.0 Å². The highest BCUT2D eigenvalue weighted by Crippen LogP contribution is 2.33. The fraction of sp³-hybridized carbons (Fsp3) is 0.400. The topological polar surface area (TPSA) is 68.8 Å². The molecule has 1 heterocycles. The normalized spacial score (nSPS) is 12.5. The second-order valence-electron chi connectivity index (χ2n) is 8.11. The second-order valence-corrected chi connectivity index (χ2v) is 8.11. The summed E-state index contributed by atoms with van der Waals surface area (Å²) >= 11 is 0. The van der Waals surface area contributed by atoms with E-state index in [2.05, 4.69) is 11.9 Å². The summed E-state index contributed by atoms with van der Waals surface area (Å²) in [4.78, 5) is 4.71. The molecule has 2 aromatic carbocycles. The third-order valence-corrected chi connectivity index (χ3v) is 5.08. The largest absolute Gasteiger partial charge is 0.320 e. The van der Waals surface area contributed by atoms with Gasteiger partial charge in [-0.25, -0.2) is 22.0 Å². The van der Waals surface area contributed by atoms with Crippen LogP contribution in [0.4, 0.5) is 33.5 Å². The number of rotatable bonds is 4. The van der Waals surface area contributed by atoms with Crippen LogP contribution >= 0.6 is 0 Å². The number of nitrogens with zero attached hydrogens (tertiary/aromatic N) is 3. The van der Waals surface area contributed by atoms with E-state index in [0.29, 0.717) is 5.56 Å². The van der Waals surface area contributed by atoms with Crippen LogP contribution in [0.1, 0.15) is 46.1 Å². The van der Waals surface area contributed by atoms with Gasteiger partial charge < -0.3 is 4.90 Å². The molecule has 10 heteroatoms. The van der Waals surface area contributed by atoms with Crippen LogP contribution in [0.25, 0.3) is 10.9 Å². The van der Waals surface area contributed by atoms with E-state index in [1.807, 2.05) is 13.8 Å². The molecule has 5 nitrogen and oxygen atoms in total. The van der Waals surface area contributed by atoms with Crippen LogP contribution < -0.4 is 10.5 Å². The van der Waals surface area contributed by atoms with Gasteiger partial charge >= 0.3 is 0 Å². The van der Waals surface area contributed by atoms with Crippen LogP contribution in [-0.2, 0) is 0 Å². The van der Waals surface area contributed by atoms with Crippen molar-refractivity contribution in [3.8, 4) is 0 Å². The Morgan fingerprint density at radius 2 is 1.74 bits per heavy atom. The van der Waals surface area contributed by atoms with E-state index in [1.54, 1.807) is 6.92 Å². The van der Waals surface area contributed by atoms with Crippen LogP contribution in [0, 0.1) is 41.1 Å². The minimum Gasteiger partial charge on any atom is -0.320 e. The van der Waals surface area contributed by atoms with Crippen molar-refractivity contribution in [1.29, 1.82) is 10.8 Å². The highest BCUT2D eigenvalue weighted by Gasteiger charge is 2.25.